The van der Waals surface area contributed by atoms with Gasteiger partial charge in [-0.3, -0.25) is 10.1 Å². The lowest BCUT2D eigenvalue weighted by atomic mass is 10.2. The van der Waals surface area contributed by atoms with E-state index in [4.69, 9.17) is 4.42 Å². The molecule has 0 aliphatic rings. The Hall–Kier alpha value is -1.62. The normalized spacial score (nSPS) is 12.1. The molecule has 1 rings (SSSR count). The monoisotopic (exact) mass is 224 g/mol. The van der Waals surface area contributed by atoms with Crippen molar-refractivity contribution in [1.82, 2.24) is 5.32 Å². The molecule has 0 bridgehead atoms. The molecule has 0 fully saturated rings. The average Bonchev–Trinajstić information content (AvgIpc) is 2.63. The zero-order valence-corrected chi connectivity index (χ0v) is 9.69. The molecule has 0 saturated carbocycles. The van der Waals surface area contributed by atoms with Gasteiger partial charge in [0, 0.05) is 12.6 Å². The highest BCUT2D eigenvalue weighted by Crippen LogP contribution is 2.17. The molecule has 16 heavy (non-hydrogen) atoms. The molecule has 0 radical (unpaired) electrons. The number of furan rings is 1. The van der Waals surface area contributed by atoms with Gasteiger partial charge in [0.05, 0.1) is 6.07 Å². The summed E-state index contributed by atoms with van der Waals surface area (Å²) in [7, 11) is 0. The Morgan fingerprint density at radius 2 is 2.31 bits per heavy atom. The Bertz CT molecular complexity index is 394. The minimum absolute atomic E-state index is 0.226. The molecule has 1 heterocycles. The maximum absolute atomic E-state index is 10.4. The zero-order chi connectivity index (χ0) is 12.1. The van der Waals surface area contributed by atoms with Crippen molar-refractivity contribution in [3.63, 3.8) is 0 Å². The number of hydrogen-bond donors (Lipinski definition) is 1. The number of nitrogens with one attached hydrogen (secondary N) is 1. The standard InChI is InChI=1S/C11H16N2O3/c1-8(2)12-7-9(3)6-10-4-5-11(16-10)13(14)15/h4-6,8,12H,7H2,1-3H3. The summed E-state index contributed by atoms with van der Waals surface area (Å²) < 4.78 is 5.02. The molecular weight excluding hydrogens is 208 g/mol. The molecule has 1 aromatic heterocycles. The minimum Gasteiger partial charge on any atom is -0.401 e. The topological polar surface area (TPSA) is 68.3 Å². The largest absolute Gasteiger partial charge is 0.433 e. The third-order valence-corrected chi connectivity index (χ3v) is 1.97. The van der Waals surface area contributed by atoms with Gasteiger partial charge in [-0.05, 0) is 19.1 Å². The van der Waals surface area contributed by atoms with E-state index in [2.05, 4.69) is 19.2 Å². The summed E-state index contributed by atoms with van der Waals surface area (Å²) in [6.07, 6.45) is 1.79. The van der Waals surface area contributed by atoms with E-state index in [-0.39, 0.29) is 5.88 Å². The Morgan fingerprint density at radius 3 is 2.81 bits per heavy atom. The van der Waals surface area contributed by atoms with Crippen LogP contribution in [0.15, 0.2) is 22.1 Å². The first-order valence-corrected chi connectivity index (χ1v) is 5.14. The first kappa shape index (κ1) is 12.4. The second-order valence-corrected chi connectivity index (χ2v) is 3.96. The Morgan fingerprint density at radius 1 is 1.62 bits per heavy atom. The van der Waals surface area contributed by atoms with Gasteiger partial charge in [0.15, 0.2) is 0 Å². The summed E-state index contributed by atoms with van der Waals surface area (Å²) in [6, 6.07) is 3.36. The lowest BCUT2D eigenvalue weighted by Crippen LogP contribution is -2.24. The number of rotatable bonds is 5. The van der Waals surface area contributed by atoms with Gasteiger partial charge in [-0.1, -0.05) is 19.4 Å². The molecule has 0 spiro atoms. The predicted octanol–water partition coefficient (Wildman–Crippen LogP) is 2.59. The van der Waals surface area contributed by atoms with Crippen molar-refractivity contribution in [3.8, 4) is 0 Å². The van der Waals surface area contributed by atoms with E-state index in [1.165, 1.54) is 6.07 Å². The Balaban J connectivity index is 2.63. The van der Waals surface area contributed by atoms with Crippen molar-refractivity contribution in [2.75, 3.05) is 6.54 Å². The van der Waals surface area contributed by atoms with Gasteiger partial charge < -0.3 is 9.73 Å². The molecule has 0 aromatic carbocycles. The van der Waals surface area contributed by atoms with Crippen molar-refractivity contribution in [3.05, 3.63) is 33.6 Å². The van der Waals surface area contributed by atoms with Crippen LogP contribution in [0.1, 0.15) is 26.5 Å². The molecule has 88 valence electrons. The third kappa shape index (κ3) is 3.86. The Kier molecular flexibility index (Phi) is 4.25. The van der Waals surface area contributed by atoms with Crippen LogP contribution in [0.4, 0.5) is 5.88 Å². The fraction of sp³-hybridized carbons (Fsp3) is 0.455. The molecule has 1 N–H and O–H groups in total. The van der Waals surface area contributed by atoms with Crippen molar-refractivity contribution >= 4 is 12.0 Å². The van der Waals surface area contributed by atoms with Gasteiger partial charge in [-0.15, -0.1) is 0 Å². The summed E-state index contributed by atoms with van der Waals surface area (Å²) in [6.45, 7) is 6.81. The van der Waals surface area contributed by atoms with Crippen molar-refractivity contribution < 1.29 is 9.34 Å². The van der Waals surface area contributed by atoms with E-state index in [0.717, 1.165) is 12.1 Å². The maximum atomic E-state index is 10.4. The van der Waals surface area contributed by atoms with Crippen molar-refractivity contribution in [2.45, 2.75) is 26.8 Å². The molecule has 0 unspecified atom stereocenters. The highest BCUT2D eigenvalue weighted by atomic mass is 16.6. The van der Waals surface area contributed by atoms with Crippen LogP contribution in [0.3, 0.4) is 0 Å². The van der Waals surface area contributed by atoms with Crippen LogP contribution in [0.5, 0.6) is 0 Å². The second kappa shape index (κ2) is 5.46. The molecule has 0 aliphatic heterocycles. The molecule has 5 nitrogen and oxygen atoms in total. The number of nitrogens with zero attached hydrogens (tertiary/aromatic N) is 1. The van der Waals surface area contributed by atoms with Gasteiger partial charge in [-0.2, -0.15) is 0 Å². The van der Waals surface area contributed by atoms with E-state index in [9.17, 15) is 10.1 Å². The van der Waals surface area contributed by atoms with Crippen LogP contribution < -0.4 is 5.32 Å². The maximum Gasteiger partial charge on any atom is 0.433 e. The number of nitro groups is 1. The third-order valence-electron chi connectivity index (χ3n) is 1.97. The molecule has 0 amide bonds. The molecule has 1 aromatic rings. The van der Waals surface area contributed by atoms with Crippen LogP contribution in [-0.4, -0.2) is 17.5 Å². The highest BCUT2D eigenvalue weighted by Gasteiger charge is 2.10. The van der Waals surface area contributed by atoms with Gasteiger partial charge in [0.1, 0.15) is 10.7 Å². The van der Waals surface area contributed by atoms with E-state index in [1.807, 2.05) is 6.92 Å². The quantitative estimate of drug-likeness (QED) is 0.616. The van der Waals surface area contributed by atoms with Crippen molar-refractivity contribution in [2.24, 2.45) is 0 Å². The molecule has 0 saturated heterocycles. The number of hydrogen-bond acceptors (Lipinski definition) is 4. The van der Waals surface area contributed by atoms with Gasteiger partial charge in [-0.25, -0.2) is 0 Å². The highest BCUT2D eigenvalue weighted by molar-refractivity contribution is 5.48. The van der Waals surface area contributed by atoms with Crippen LogP contribution >= 0.6 is 0 Å². The summed E-state index contributed by atoms with van der Waals surface area (Å²) in [5.41, 5.74) is 1.07. The van der Waals surface area contributed by atoms with Crippen molar-refractivity contribution in [1.29, 1.82) is 0 Å². The van der Waals surface area contributed by atoms with Crippen LogP contribution in [-0.2, 0) is 0 Å². The van der Waals surface area contributed by atoms with Gasteiger partial charge >= 0.3 is 5.88 Å². The first-order valence-electron chi connectivity index (χ1n) is 5.14. The van der Waals surface area contributed by atoms with E-state index in [0.29, 0.717) is 11.8 Å². The predicted molar refractivity (Wildman–Crippen MR) is 62.2 cm³/mol. The fourth-order valence-corrected chi connectivity index (χ4v) is 1.18. The average molecular weight is 224 g/mol. The summed E-state index contributed by atoms with van der Waals surface area (Å²) in [4.78, 5) is 9.85. The van der Waals surface area contributed by atoms with Crippen LogP contribution in [0.2, 0.25) is 0 Å². The summed E-state index contributed by atoms with van der Waals surface area (Å²) >= 11 is 0. The fourth-order valence-electron chi connectivity index (χ4n) is 1.18. The van der Waals surface area contributed by atoms with E-state index in [1.54, 1.807) is 12.1 Å². The first-order chi connectivity index (χ1) is 7.49. The summed E-state index contributed by atoms with van der Waals surface area (Å²) in [5, 5.41) is 13.6. The lowest BCUT2D eigenvalue weighted by molar-refractivity contribution is -0.402. The lowest BCUT2D eigenvalue weighted by Gasteiger charge is -2.07. The smallest absolute Gasteiger partial charge is 0.401 e. The van der Waals surface area contributed by atoms with E-state index < -0.39 is 4.92 Å². The molecule has 0 aliphatic carbocycles. The van der Waals surface area contributed by atoms with Gasteiger partial charge in [0.2, 0.25) is 0 Å². The molecular formula is C11H16N2O3. The van der Waals surface area contributed by atoms with E-state index >= 15 is 0 Å². The molecule has 0 atom stereocenters. The minimum atomic E-state index is -0.543. The van der Waals surface area contributed by atoms with Gasteiger partial charge in [0.25, 0.3) is 0 Å². The Labute approximate surface area is 94.3 Å². The van der Waals surface area contributed by atoms with Crippen LogP contribution in [0, 0.1) is 10.1 Å². The summed E-state index contributed by atoms with van der Waals surface area (Å²) in [5.74, 6) is 0.283. The zero-order valence-electron chi connectivity index (χ0n) is 9.69. The SMILES string of the molecule is CC(=Cc1ccc([N+](=O)[O-])o1)CNC(C)C. The van der Waals surface area contributed by atoms with Crippen LogP contribution in [0.25, 0.3) is 6.08 Å². The second-order valence-electron chi connectivity index (χ2n) is 3.96. The molecule has 5 heteroatoms.